The van der Waals surface area contributed by atoms with Crippen LogP contribution in [0.1, 0.15) is 5.56 Å². The second-order valence-corrected chi connectivity index (χ2v) is 4.45. The minimum Gasteiger partial charge on any atom is -0.507 e. The molecule has 0 amide bonds. The highest BCUT2D eigenvalue weighted by Crippen LogP contribution is 2.45. The van der Waals surface area contributed by atoms with Crippen molar-refractivity contribution in [2.45, 2.75) is 6.92 Å². The SMILES string of the molecule is Cc1cc(O)c2c(O)c3ccccc3c(O)c2c1. The van der Waals surface area contributed by atoms with Gasteiger partial charge in [-0.25, -0.2) is 0 Å². The monoisotopic (exact) mass is 240 g/mol. The fraction of sp³-hybridized carbons (Fsp3) is 0.0667. The Labute approximate surface area is 104 Å². The Kier molecular flexibility index (Phi) is 2.10. The zero-order chi connectivity index (χ0) is 12.9. The lowest BCUT2D eigenvalue weighted by Crippen LogP contribution is -1.83. The predicted octanol–water partition coefficient (Wildman–Crippen LogP) is 3.42. The Hall–Kier alpha value is -2.42. The van der Waals surface area contributed by atoms with Crippen molar-refractivity contribution in [1.29, 1.82) is 0 Å². The molecule has 3 aromatic rings. The summed E-state index contributed by atoms with van der Waals surface area (Å²) in [7, 11) is 0. The Morgan fingerprint density at radius 2 is 1.39 bits per heavy atom. The van der Waals surface area contributed by atoms with E-state index < -0.39 is 0 Å². The van der Waals surface area contributed by atoms with Crippen LogP contribution in [0, 0.1) is 6.92 Å². The van der Waals surface area contributed by atoms with E-state index in [2.05, 4.69) is 0 Å². The van der Waals surface area contributed by atoms with Gasteiger partial charge in [0.1, 0.15) is 17.2 Å². The summed E-state index contributed by atoms with van der Waals surface area (Å²) in [5.74, 6) is 0.0526. The molecule has 3 aromatic carbocycles. The van der Waals surface area contributed by atoms with Crippen molar-refractivity contribution in [3.05, 3.63) is 42.0 Å². The summed E-state index contributed by atoms with van der Waals surface area (Å²) in [4.78, 5) is 0. The summed E-state index contributed by atoms with van der Waals surface area (Å²) in [6, 6.07) is 10.3. The van der Waals surface area contributed by atoms with Gasteiger partial charge in [0.2, 0.25) is 0 Å². The van der Waals surface area contributed by atoms with E-state index in [1.54, 1.807) is 36.4 Å². The van der Waals surface area contributed by atoms with Crippen LogP contribution in [-0.2, 0) is 0 Å². The molecule has 0 radical (unpaired) electrons. The second kappa shape index (κ2) is 3.53. The van der Waals surface area contributed by atoms with E-state index in [0.717, 1.165) is 5.56 Å². The Morgan fingerprint density at radius 1 is 0.778 bits per heavy atom. The fourth-order valence-electron chi connectivity index (χ4n) is 2.38. The Morgan fingerprint density at radius 3 is 2.06 bits per heavy atom. The molecule has 90 valence electrons. The molecule has 0 aliphatic carbocycles. The molecule has 18 heavy (non-hydrogen) atoms. The van der Waals surface area contributed by atoms with Gasteiger partial charge in [-0.3, -0.25) is 0 Å². The van der Waals surface area contributed by atoms with Gasteiger partial charge >= 0.3 is 0 Å². The third-order valence-corrected chi connectivity index (χ3v) is 3.19. The lowest BCUT2D eigenvalue weighted by atomic mass is 9.98. The van der Waals surface area contributed by atoms with Crippen LogP contribution in [0.3, 0.4) is 0 Å². The summed E-state index contributed by atoms with van der Waals surface area (Å²) in [5.41, 5.74) is 0.824. The number of rotatable bonds is 0. The number of benzene rings is 3. The minimum absolute atomic E-state index is 0.00380. The summed E-state index contributed by atoms with van der Waals surface area (Å²) < 4.78 is 0. The standard InChI is InChI=1S/C15H12O3/c1-8-6-11-13(12(16)7-8)15(18)10-5-3-2-4-9(10)14(11)17/h2-7,16-18H,1H3. The first kappa shape index (κ1) is 10.7. The van der Waals surface area contributed by atoms with Crippen LogP contribution in [0.2, 0.25) is 0 Å². The molecular weight excluding hydrogens is 228 g/mol. The van der Waals surface area contributed by atoms with Gasteiger partial charge in [-0.05, 0) is 24.6 Å². The molecule has 0 saturated heterocycles. The van der Waals surface area contributed by atoms with Crippen molar-refractivity contribution < 1.29 is 15.3 Å². The van der Waals surface area contributed by atoms with Crippen LogP contribution in [0.15, 0.2) is 36.4 Å². The Bertz CT molecular complexity index is 776. The molecule has 3 rings (SSSR count). The maximum atomic E-state index is 10.3. The number of aryl methyl sites for hydroxylation is 1. The van der Waals surface area contributed by atoms with Gasteiger partial charge in [-0.2, -0.15) is 0 Å². The van der Waals surface area contributed by atoms with Crippen LogP contribution >= 0.6 is 0 Å². The maximum absolute atomic E-state index is 10.3. The predicted molar refractivity (Wildman–Crippen MR) is 71.2 cm³/mol. The molecule has 0 bridgehead atoms. The van der Waals surface area contributed by atoms with Crippen molar-refractivity contribution in [3.8, 4) is 17.2 Å². The molecule has 3 heteroatoms. The number of fused-ring (bicyclic) bond motifs is 2. The van der Waals surface area contributed by atoms with Crippen LogP contribution in [0.25, 0.3) is 21.5 Å². The van der Waals surface area contributed by atoms with Gasteiger partial charge in [0.15, 0.2) is 0 Å². The van der Waals surface area contributed by atoms with Gasteiger partial charge in [-0.15, -0.1) is 0 Å². The van der Waals surface area contributed by atoms with E-state index in [-0.39, 0.29) is 22.6 Å². The highest BCUT2D eigenvalue weighted by atomic mass is 16.3. The topological polar surface area (TPSA) is 60.7 Å². The number of phenols is 3. The molecule has 0 heterocycles. The van der Waals surface area contributed by atoms with Crippen LogP contribution in [0.4, 0.5) is 0 Å². The van der Waals surface area contributed by atoms with Gasteiger partial charge in [0, 0.05) is 16.2 Å². The Balaban J connectivity index is 2.67. The minimum atomic E-state index is -0.0245. The molecule has 3 N–H and O–H groups in total. The fourth-order valence-corrected chi connectivity index (χ4v) is 2.38. The van der Waals surface area contributed by atoms with Crippen molar-refractivity contribution >= 4 is 21.5 Å². The molecule has 0 atom stereocenters. The summed E-state index contributed by atoms with van der Waals surface area (Å²) in [6.45, 7) is 1.82. The van der Waals surface area contributed by atoms with Gasteiger partial charge in [0.05, 0.1) is 5.39 Å². The summed E-state index contributed by atoms with van der Waals surface area (Å²) >= 11 is 0. The molecule has 0 unspecified atom stereocenters. The van der Waals surface area contributed by atoms with Crippen LogP contribution in [-0.4, -0.2) is 15.3 Å². The second-order valence-electron chi connectivity index (χ2n) is 4.45. The first-order valence-electron chi connectivity index (χ1n) is 5.65. The van der Waals surface area contributed by atoms with Gasteiger partial charge in [0.25, 0.3) is 0 Å². The zero-order valence-corrected chi connectivity index (χ0v) is 9.81. The van der Waals surface area contributed by atoms with Crippen molar-refractivity contribution in [2.24, 2.45) is 0 Å². The van der Waals surface area contributed by atoms with E-state index in [1.165, 1.54) is 0 Å². The average Bonchev–Trinajstić information content (AvgIpc) is 2.35. The van der Waals surface area contributed by atoms with E-state index in [0.29, 0.717) is 16.2 Å². The van der Waals surface area contributed by atoms with E-state index in [1.807, 2.05) is 6.92 Å². The highest BCUT2D eigenvalue weighted by molar-refractivity contribution is 6.12. The zero-order valence-electron chi connectivity index (χ0n) is 9.81. The van der Waals surface area contributed by atoms with Crippen molar-refractivity contribution in [3.63, 3.8) is 0 Å². The quantitative estimate of drug-likeness (QED) is 0.417. The molecule has 0 saturated carbocycles. The smallest absolute Gasteiger partial charge is 0.135 e. The summed E-state index contributed by atoms with van der Waals surface area (Å²) in [5, 5.41) is 32.3. The van der Waals surface area contributed by atoms with Crippen LogP contribution in [0.5, 0.6) is 17.2 Å². The molecule has 0 aliphatic rings. The van der Waals surface area contributed by atoms with Crippen LogP contribution < -0.4 is 0 Å². The lowest BCUT2D eigenvalue weighted by molar-refractivity contribution is 0.463. The highest BCUT2D eigenvalue weighted by Gasteiger charge is 2.15. The lowest BCUT2D eigenvalue weighted by Gasteiger charge is -2.11. The third kappa shape index (κ3) is 1.31. The molecule has 0 aromatic heterocycles. The van der Waals surface area contributed by atoms with E-state index in [9.17, 15) is 15.3 Å². The molecule has 0 fully saturated rings. The summed E-state index contributed by atoms with van der Waals surface area (Å²) in [6.07, 6.45) is 0. The molecular formula is C15H12O3. The molecule has 0 spiro atoms. The van der Waals surface area contributed by atoms with Gasteiger partial charge in [-0.1, -0.05) is 24.3 Å². The van der Waals surface area contributed by atoms with E-state index in [4.69, 9.17) is 0 Å². The normalized spacial score (nSPS) is 11.2. The molecule has 0 aliphatic heterocycles. The average molecular weight is 240 g/mol. The van der Waals surface area contributed by atoms with Crippen molar-refractivity contribution in [1.82, 2.24) is 0 Å². The van der Waals surface area contributed by atoms with Gasteiger partial charge < -0.3 is 15.3 Å². The first-order valence-corrected chi connectivity index (χ1v) is 5.65. The third-order valence-electron chi connectivity index (χ3n) is 3.19. The first-order chi connectivity index (χ1) is 8.59. The number of phenolic OH excluding ortho intramolecular Hbond substituents is 3. The largest absolute Gasteiger partial charge is 0.507 e. The number of hydrogen-bond acceptors (Lipinski definition) is 3. The van der Waals surface area contributed by atoms with Crippen molar-refractivity contribution in [2.75, 3.05) is 0 Å². The maximum Gasteiger partial charge on any atom is 0.135 e. The number of aromatic hydroxyl groups is 3. The number of hydrogen-bond donors (Lipinski definition) is 3. The molecule has 3 nitrogen and oxygen atoms in total. The van der Waals surface area contributed by atoms with E-state index >= 15 is 0 Å².